The van der Waals surface area contributed by atoms with Crippen molar-refractivity contribution in [3.8, 4) is 0 Å². The van der Waals surface area contributed by atoms with Gasteiger partial charge in [-0.25, -0.2) is 4.79 Å². The molecule has 0 spiro atoms. The van der Waals surface area contributed by atoms with Gasteiger partial charge in [0.15, 0.2) is 18.5 Å². The molecule has 11 nitrogen and oxygen atoms in total. The van der Waals surface area contributed by atoms with Gasteiger partial charge in [0.25, 0.3) is 0 Å². The van der Waals surface area contributed by atoms with Crippen molar-refractivity contribution in [3.05, 3.63) is 0 Å². The number of esters is 3. The molecular formula is C18H29NO10. The fourth-order valence-electron chi connectivity index (χ4n) is 2.74. The van der Waals surface area contributed by atoms with Crippen molar-refractivity contribution in [1.29, 1.82) is 0 Å². The van der Waals surface area contributed by atoms with Crippen LogP contribution in [0, 0.1) is 0 Å². The average molecular weight is 419 g/mol. The minimum Gasteiger partial charge on any atom is -0.463 e. The van der Waals surface area contributed by atoms with Crippen molar-refractivity contribution in [2.75, 3.05) is 19.8 Å². The van der Waals surface area contributed by atoms with E-state index in [4.69, 9.17) is 28.4 Å². The first kappa shape index (κ1) is 24.6. The lowest BCUT2D eigenvalue weighted by Crippen LogP contribution is -2.66. The van der Waals surface area contributed by atoms with Gasteiger partial charge in [-0.3, -0.25) is 14.4 Å². The lowest BCUT2D eigenvalue weighted by molar-refractivity contribution is -0.277. The summed E-state index contributed by atoms with van der Waals surface area (Å²) >= 11 is 0. The Labute approximate surface area is 169 Å². The Morgan fingerprint density at radius 3 is 2.03 bits per heavy atom. The maximum atomic E-state index is 12.0. The predicted octanol–water partition coefficient (Wildman–Crippen LogP) is 0.679. The van der Waals surface area contributed by atoms with Crippen LogP contribution in [0.2, 0.25) is 0 Å². The van der Waals surface area contributed by atoms with E-state index in [1.54, 1.807) is 6.92 Å². The summed E-state index contributed by atoms with van der Waals surface area (Å²) in [5, 5.41) is 2.54. The second kappa shape index (κ2) is 12.2. The summed E-state index contributed by atoms with van der Waals surface area (Å²) < 4.78 is 32.0. The SMILES string of the molecule is CCCO[C@H]1O[C@@H](COC(C)=O)[C@H](OC(C)=O)[C@@H](OC(C)=O)[C@@H]1NC(=O)OCC. The molecule has 1 aliphatic rings. The Bertz CT molecular complexity index is 581. The summed E-state index contributed by atoms with van der Waals surface area (Å²) in [5.74, 6) is -1.92. The first-order valence-electron chi connectivity index (χ1n) is 9.37. The normalized spacial score (nSPS) is 26.2. The molecule has 0 saturated carbocycles. The van der Waals surface area contributed by atoms with Crippen LogP contribution in [0.25, 0.3) is 0 Å². The van der Waals surface area contributed by atoms with Gasteiger partial charge in [0.05, 0.1) is 6.61 Å². The van der Waals surface area contributed by atoms with Gasteiger partial charge in [-0.15, -0.1) is 0 Å². The van der Waals surface area contributed by atoms with E-state index in [1.807, 2.05) is 6.92 Å². The van der Waals surface area contributed by atoms with Crippen LogP contribution in [-0.4, -0.2) is 74.5 Å². The molecule has 1 aliphatic heterocycles. The molecule has 0 aromatic heterocycles. The zero-order chi connectivity index (χ0) is 22.0. The quantitative estimate of drug-likeness (QED) is 0.420. The largest absolute Gasteiger partial charge is 0.463 e. The number of nitrogens with one attached hydrogen (secondary N) is 1. The van der Waals surface area contributed by atoms with Gasteiger partial charge in [0.2, 0.25) is 0 Å². The maximum Gasteiger partial charge on any atom is 0.407 e. The zero-order valence-electron chi connectivity index (χ0n) is 17.3. The lowest BCUT2D eigenvalue weighted by Gasteiger charge is -2.44. The van der Waals surface area contributed by atoms with Crippen molar-refractivity contribution in [2.45, 2.75) is 71.7 Å². The Morgan fingerprint density at radius 2 is 1.52 bits per heavy atom. The second-order valence-electron chi connectivity index (χ2n) is 6.25. The molecule has 1 heterocycles. The van der Waals surface area contributed by atoms with Crippen molar-refractivity contribution in [3.63, 3.8) is 0 Å². The zero-order valence-corrected chi connectivity index (χ0v) is 17.3. The highest BCUT2D eigenvalue weighted by Gasteiger charge is 2.51. The van der Waals surface area contributed by atoms with E-state index in [9.17, 15) is 19.2 Å². The minimum atomic E-state index is -1.17. The van der Waals surface area contributed by atoms with E-state index in [0.29, 0.717) is 6.42 Å². The number of ether oxygens (including phenoxy) is 6. The fourth-order valence-corrected chi connectivity index (χ4v) is 2.74. The van der Waals surface area contributed by atoms with Gasteiger partial charge >= 0.3 is 24.0 Å². The number of rotatable bonds is 9. The van der Waals surface area contributed by atoms with Gasteiger partial charge in [-0.05, 0) is 13.3 Å². The van der Waals surface area contributed by atoms with Crippen LogP contribution in [0.15, 0.2) is 0 Å². The molecular weight excluding hydrogens is 390 g/mol. The lowest BCUT2D eigenvalue weighted by atomic mass is 9.96. The Hall–Kier alpha value is -2.40. The third-order valence-corrected chi connectivity index (χ3v) is 3.75. The van der Waals surface area contributed by atoms with Crippen LogP contribution in [0.5, 0.6) is 0 Å². The van der Waals surface area contributed by atoms with Crippen molar-refractivity contribution in [2.24, 2.45) is 0 Å². The molecule has 0 unspecified atom stereocenters. The minimum absolute atomic E-state index is 0.112. The third-order valence-electron chi connectivity index (χ3n) is 3.75. The predicted molar refractivity (Wildman–Crippen MR) is 96.6 cm³/mol. The average Bonchev–Trinajstić information content (AvgIpc) is 2.61. The van der Waals surface area contributed by atoms with Gasteiger partial charge in [0, 0.05) is 27.4 Å². The Kier molecular flexibility index (Phi) is 10.4. The van der Waals surface area contributed by atoms with Crippen LogP contribution in [0.1, 0.15) is 41.0 Å². The first-order chi connectivity index (χ1) is 13.7. The maximum absolute atomic E-state index is 12.0. The molecule has 1 N–H and O–H groups in total. The number of amides is 1. The summed E-state index contributed by atoms with van der Waals surface area (Å²) in [6, 6.07) is -1.04. The summed E-state index contributed by atoms with van der Waals surface area (Å²) in [6.45, 7) is 7.16. The van der Waals surface area contributed by atoms with Gasteiger partial charge in [-0.2, -0.15) is 0 Å². The Balaban J connectivity index is 3.25. The second-order valence-corrected chi connectivity index (χ2v) is 6.25. The molecule has 0 radical (unpaired) electrons. The number of carbonyl (C=O) groups is 4. The van der Waals surface area contributed by atoms with Crippen molar-refractivity contribution < 1.29 is 47.6 Å². The highest BCUT2D eigenvalue weighted by Crippen LogP contribution is 2.28. The molecule has 0 bridgehead atoms. The van der Waals surface area contributed by atoms with Crippen LogP contribution < -0.4 is 5.32 Å². The van der Waals surface area contributed by atoms with E-state index in [2.05, 4.69) is 5.32 Å². The van der Waals surface area contributed by atoms with Crippen LogP contribution in [0.3, 0.4) is 0 Å². The number of alkyl carbamates (subject to hydrolysis) is 1. The number of carbonyl (C=O) groups excluding carboxylic acids is 4. The van der Waals surface area contributed by atoms with Crippen LogP contribution in [0.4, 0.5) is 4.79 Å². The van der Waals surface area contributed by atoms with Crippen molar-refractivity contribution in [1.82, 2.24) is 5.32 Å². The summed E-state index contributed by atoms with van der Waals surface area (Å²) in [5.41, 5.74) is 0. The van der Waals surface area contributed by atoms with E-state index < -0.39 is 54.6 Å². The van der Waals surface area contributed by atoms with Gasteiger partial charge < -0.3 is 33.7 Å². The highest BCUT2D eigenvalue weighted by molar-refractivity contribution is 5.69. The van der Waals surface area contributed by atoms with E-state index in [-0.39, 0.29) is 19.8 Å². The molecule has 1 amide bonds. The Morgan fingerprint density at radius 1 is 0.897 bits per heavy atom. The van der Waals surface area contributed by atoms with Gasteiger partial charge in [-0.1, -0.05) is 6.92 Å². The first-order valence-corrected chi connectivity index (χ1v) is 9.37. The summed E-state index contributed by atoms with van der Waals surface area (Å²) in [6.07, 6.45) is -4.54. The monoisotopic (exact) mass is 419 g/mol. The standard InChI is InChI=1S/C18H29NO10/c1-6-8-25-17-14(19-18(23)24-7-2)16(28-12(5)22)15(27-11(4)21)13(29-17)9-26-10(3)20/h13-17H,6-9H2,1-5H3,(H,19,23)/t13-,14-,15-,16-,17-/m0/s1. The summed E-state index contributed by atoms with van der Waals surface area (Å²) in [4.78, 5) is 46.6. The molecule has 0 aliphatic carbocycles. The van der Waals surface area contributed by atoms with E-state index in [0.717, 1.165) is 0 Å². The topological polar surface area (TPSA) is 136 Å². The van der Waals surface area contributed by atoms with Gasteiger partial charge in [0.1, 0.15) is 18.8 Å². The van der Waals surface area contributed by atoms with Crippen LogP contribution >= 0.6 is 0 Å². The molecule has 0 aromatic rings. The number of hydrogen-bond donors (Lipinski definition) is 1. The summed E-state index contributed by atoms with van der Waals surface area (Å²) in [7, 11) is 0. The van der Waals surface area contributed by atoms with Crippen molar-refractivity contribution >= 4 is 24.0 Å². The molecule has 29 heavy (non-hydrogen) atoms. The highest BCUT2D eigenvalue weighted by atomic mass is 16.7. The molecule has 1 fully saturated rings. The van der Waals surface area contributed by atoms with E-state index in [1.165, 1.54) is 20.8 Å². The van der Waals surface area contributed by atoms with E-state index >= 15 is 0 Å². The third kappa shape index (κ3) is 8.24. The molecule has 0 aromatic carbocycles. The smallest absolute Gasteiger partial charge is 0.407 e. The number of hydrogen-bond acceptors (Lipinski definition) is 10. The molecule has 1 saturated heterocycles. The molecule has 166 valence electrons. The van der Waals surface area contributed by atoms with Crippen LogP contribution in [-0.2, 0) is 42.8 Å². The molecule has 5 atom stereocenters. The molecule has 11 heteroatoms. The molecule has 1 rings (SSSR count). The fraction of sp³-hybridized carbons (Fsp3) is 0.778.